The molecular formula is C7H6F2N2O2S. The molecule has 0 aliphatic rings. The first-order valence-electron chi connectivity index (χ1n) is 3.47. The summed E-state index contributed by atoms with van der Waals surface area (Å²) in [5.74, 6) is -6.18. The fourth-order valence-corrected chi connectivity index (χ4v) is 1.08. The first kappa shape index (κ1) is 10.8. The number of hydrogen-bond acceptors (Lipinski definition) is 4. The van der Waals surface area contributed by atoms with Gasteiger partial charge in [0.05, 0.1) is 0 Å². The van der Waals surface area contributed by atoms with Crippen LogP contribution in [0.25, 0.3) is 0 Å². The molecule has 1 heterocycles. The van der Waals surface area contributed by atoms with Gasteiger partial charge in [0.2, 0.25) is 0 Å². The molecule has 0 aliphatic heterocycles. The van der Waals surface area contributed by atoms with E-state index in [0.29, 0.717) is 0 Å². The molecule has 1 aromatic heterocycles. The summed E-state index contributed by atoms with van der Waals surface area (Å²) in [5, 5.41) is 8.36. The van der Waals surface area contributed by atoms with Gasteiger partial charge in [-0.1, -0.05) is 11.8 Å². The average molecular weight is 220 g/mol. The molecule has 1 rings (SSSR count). The van der Waals surface area contributed by atoms with Crippen molar-refractivity contribution in [3.63, 3.8) is 0 Å². The molecule has 0 aromatic carbocycles. The molecule has 0 fully saturated rings. The van der Waals surface area contributed by atoms with Crippen LogP contribution in [0.4, 0.5) is 8.78 Å². The Bertz CT molecular complexity index is 359. The number of nitrogens with zero attached hydrogens (tertiary/aromatic N) is 2. The Morgan fingerprint density at radius 1 is 1.64 bits per heavy atom. The van der Waals surface area contributed by atoms with Crippen molar-refractivity contribution >= 4 is 17.7 Å². The molecule has 0 spiro atoms. The smallest absolute Gasteiger partial charge is 0.384 e. The summed E-state index contributed by atoms with van der Waals surface area (Å²) in [6.45, 7) is 0. The third-order valence-corrected chi connectivity index (χ3v) is 1.97. The summed E-state index contributed by atoms with van der Waals surface area (Å²) in [6, 6.07) is 0.883. The van der Waals surface area contributed by atoms with Crippen LogP contribution in [-0.2, 0) is 10.7 Å². The minimum Gasteiger partial charge on any atom is -0.476 e. The van der Waals surface area contributed by atoms with Gasteiger partial charge in [0.15, 0.2) is 5.16 Å². The third-order valence-electron chi connectivity index (χ3n) is 1.41. The molecule has 7 heteroatoms. The summed E-state index contributed by atoms with van der Waals surface area (Å²) in [4.78, 5) is 17.3. The maximum Gasteiger partial charge on any atom is 0.384 e. The molecular weight excluding hydrogens is 214 g/mol. The number of carboxylic acid groups (broad SMARTS) is 1. The number of aromatic nitrogens is 2. The molecule has 0 radical (unpaired) electrons. The number of carbonyl (C=O) groups is 1. The number of carboxylic acids is 1. The SMILES string of the molecule is CSc1nccc(C(F)(F)C(=O)O)n1. The molecule has 4 nitrogen and oxygen atoms in total. The minimum atomic E-state index is -3.96. The van der Waals surface area contributed by atoms with E-state index in [4.69, 9.17) is 5.11 Å². The maximum absolute atomic E-state index is 12.9. The highest BCUT2D eigenvalue weighted by atomic mass is 32.2. The van der Waals surface area contributed by atoms with Gasteiger partial charge in [0.25, 0.3) is 0 Å². The van der Waals surface area contributed by atoms with Gasteiger partial charge in [0.1, 0.15) is 5.69 Å². The zero-order valence-corrected chi connectivity index (χ0v) is 7.89. The van der Waals surface area contributed by atoms with Crippen LogP contribution in [0.2, 0.25) is 0 Å². The Morgan fingerprint density at radius 2 is 2.29 bits per heavy atom. The van der Waals surface area contributed by atoms with E-state index in [1.165, 1.54) is 0 Å². The van der Waals surface area contributed by atoms with Crippen LogP contribution in [0.5, 0.6) is 0 Å². The normalized spacial score (nSPS) is 11.4. The first-order chi connectivity index (χ1) is 6.48. The summed E-state index contributed by atoms with van der Waals surface area (Å²) < 4.78 is 25.8. The molecule has 0 unspecified atom stereocenters. The van der Waals surface area contributed by atoms with Crippen molar-refractivity contribution in [1.82, 2.24) is 9.97 Å². The second kappa shape index (κ2) is 3.87. The van der Waals surface area contributed by atoms with Gasteiger partial charge in [-0.2, -0.15) is 8.78 Å². The van der Waals surface area contributed by atoms with Crippen molar-refractivity contribution in [2.75, 3.05) is 6.26 Å². The van der Waals surface area contributed by atoms with Crippen LogP contribution < -0.4 is 0 Å². The molecule has 0 saturated carbocycles. The van der Waals surface area contributed by atoms with Crippen LogP contribution in [-0.4, -0.2) is 27.3 Å². The monoisotopic (exact) mass is 220 g/mol. The fraction of sp³-hybridized carbons (Fsp3) is 0.286. The van der Waals surface area contributed by atoms with Gasteiger partial charge in [0, 0.05) is 6.20 Å². The van der Waals surface area contributed by atoms with Gasteiger partial charge >= 0.3 is 11.9 Å². The molecule has 76 valence electrons. The van der Waals surface area contributed by atoms with E-state index in [1.54, 1.807) is 6.26 Å². The number of halogens is 2. The topological polar surface area (TPSA) is 63.1 Å². The van der Waals surface area contributed by atoms with Crippen molar-refractivity contribution in [1.29, 1.82) is 0 Å². The predicted molar refractivity (Wildman–Crippen MR) is 45.3 cm³/mol. The van der Waals surface area contributed by atoms with Gasteiger partial charge < -0.3 is 5.11 Å². The van der Waals surface area contributed by atoms with Crippen LogP contribution in [0.15, 0.2) is 17.4 Å². The lowest BCUT2D eigenvalue weighted by molar-refractivity contribution is -0.167. The molecule has 0 aliphatic carbocycles. The molecule has 14 heavy (non-hydrogen) atoms. The second-order valence-electron chi connectivity index (χ2n) is 2.31. The molecule has 0 saturated heterocycles. The molecule has 1 aromatic rings. The fourth-order valence-electron chi connectivity index (χ4n) is 0.724. The third kappa shape index (κ3) is 1.98. The van der Waals surface area contributed by atoms with E-state index < -0.39 is 17.6 Å². The van der Waals surface area contributed by atoms with E-state index in [9.17, 15) is 13.6 Å². The first-order valence-corrected chi connectivity index (χ1v) is 4.69. The van der Waals surface area contributed by atoms with E-state index in [1.807, 2.05) is 0 Å². The number of alkyl halides is 2. The Morgan fingerprint density at radius 3 is 2.79 bits per heavy atom. The van der Waals surface area contributed by atoms with Gasteiger partial charge in [-0.3, -0.25) is 0 Å². The van der Waals surface area contributed by atoms with Crippen LogP contribution in [0.3, 0.4) is 0 Å². The lowest BCUT2D eigenvalue weighted by Crippen LogP contribution is -2.26. The van der Waals surface area contributed by atoms with Crippen molar-refractivity contribution in [3.05, 3.63) is 18.0 Å². The summed E-state index contributed by atoms with van der Waals surface area (Å²) in [6.07, 6.45) is 2.71. The highest BCUT2D eigenvalue weighted by Crippen LogP contribution is 2.26. The van der Waals surface area contributed by atoms with Crippen molar-refractivity contribution in [3.8, 4) is 0 Å². The van der Waals surface area contributed by atoms with Crippen LogP contribution in [0, 0.1) is 0 Å². The summed E-state index contributed by atoms with van der Waals surface area (Å²) in [5.41, 5.74) is -0.802. The Labute approximate surface area is 82.4 Å². The van der Waals surface area contributed by atoms with Gasteiger partial charge in [-0.15, -0.1) is 0 Å². The number of rotatable bonds is 3. The molecule has 0 amide bonds. The van der Waals surface area contributed by atoms with Crippen molar-refractivity contribution in [2.24, 2.45) is 0 Å². The predicted octanol–water partition coefficient (Wildman–Crippen LogP) is 1.37. The lowest BCUT2D eigenvalue weighted by Gasteiger charge is -2.09. The summed E-state index contributed by atoms with van der Waals surface area (Å²) in [7, 11) is 0. The zero-order chi connectivity index (χ0) is 10.8. The Hall–Kier alpha value is -1.24. The standard InChI is InChI=1S/C7H6F2N2O2S/c1-14-6-10-3-2-4(11-6)7(8,9)5(12)13/h2-3H,1H3,(H,12,13). The number of aliphatic carboxylic acids is 1. The quantitative estimate of drug-likeness (QED) is 0.615. The van der Waals surface area contributed by atoms with Crippen LogP contribution in [0.1, 0.15) is 5.69 Å². The van der Waals surface area contributed by atoms with Gasteiger partial charge in [-0.05, 0) is 12.3 Å². The average Bonchev–Trinajstić information content (AvgIpc) is 2.17. The molecule has 0 bridgehead atoms. The second-order valence-corrected chi connectivity index (χ2v) is 3.08. The number of thioether (sulfide) groups is 1. The van der Waals surface area contributed by atoms with Gasteiger partial charge in [-0.25, -0.2) is 14.8 Å². The highest BCUT2D eigenvalue weighted by Gasteiger charge is 2.42. The van der Waals surface area contributed by atoms with E-state index >= 15 is 0 Å². The molecule has 1 N–H and O–H groups in total. The van der Waals surface area contributed by atoms with E-state index in [-0.39, 0.29) is 5.16 Å². The van der Waals surface area contributed by atoms with Crippen molar-refractivity contribution in [2.45, 2.75) is 11.1 Å². The summed E-state index contributed by atoms with van der Waals surface area (Å²) >= 11 is 1.06. The maximum atomic E-state index is 12.9. The highest BCUT2D eigenvalue weighted by molar-refractivity contribution is 7.98. The zero-order valence-electron chi connectivity index (χ0n) is 7.07. The van der Waals surface area contributed by atoms with E-state index in [2.05, 4.69) is 9.97 Å². The molecule has 0 atom stereocenters. The lowest BCUT2D eigenvalue weighted by atomic mass is 10.2. The van der Waals surface area contributed by atoms with Crippen LogP contribution >= 0.6 is 11.8 Å². The number of hydrogen-bond donors (Lipinski definition) is 1. The Kier molecular flexibility index (Phi) is 3.00. The van der Waals surface area contributed by atoms with Crippen molar-refractivity contribution < 1.29 is 18.7 Å². The minimum absolute atomic E-state index is 0.114. The largest absolute Gasteiger partial charge is 0.476 e. The van der Waals surface area contributed by atoms with E-state index in [0.717, 1.165) is 24.0 Å². The Balaban J connectivity index is 3.12.